The number of likely N-dealkylation sites (tertiary alicyclic amines) is 1. The van der Waals surface area contributed by atoms with Crippen molar-refractivity contribution in [1.29, 1.82) is 0 Å². The van der Waals surface area contributed by atoms with Crippen molar-refractivity contribution in [3.05, 3.63) is 22.8 Å². The van der Waals surface area contributed by atoms with E-state index in [1.54, 1.807) is 4.90 Å². The van der Waals surface area contributed by atoms with Gasteiger partial charge in [-0.3, -0.25) is 4.79 Å². The van der Waals surface area contributed by atoms with Crippen LogP contribution < -0.4 is 11.1 Å². The second kappa shape index (κ2) is 5.31. The molecule has 0 unspecified atom stereocenters. The van der Waals surface area contributed by atoms with Gasteiger partial charge in [-0.25, -0.2) is 9.78 Å². The molecule has 2 rings (SSSR count). The molecule has 3 N–H and O–H groups in total. The molecule has 19 heavy (non-hydrogen) atoms. The van der Waals surface area contributed by atoms with E-state index in [4.69, 9.17) is 17.3 Å². The number of nitrogens with zero attached hydrogens (tertiary/aromatic N) is 2. The number of methoxy groups -OCH3 is 1. The number of aromatic nitrogens is 1. The topological polar surface area (TPSA) is 97.6 Å². The van der Waals surface area contributed by atoms with Gasteiger partial charge in [0.25, 0.3) is 0 Å². The van der Waals surface area contributed by atoms with Gasteiger partial charge in [0.1, 0.15) is 5.82 Å². The number of primary amides is 1. The molecule has 1 aromatic rings. The molecule has 102 valence electrons. The first-order valence-electron chi connectivity index (χ1n) is 5.56. The van der Waals surface area contributed by atoms with Crippen LogP contribution in [-0.4, -0.2) is 48.1 Å². The highest BCUT2D eigenvalue weighted by molar-refractivity contribution is 6.33. The number of anilines is 1. The number of halogens is 1. The second-order valence-corrected chi connectivity index (χ2v) is 4.54. The first-order valence-corrected chi connectivity index (χ1v) is 5.94. The molecule has 1 aliphatic heterocycles. The maximum absolute atomic E-state index is 11.2. The average molecular weight is 285 g/mol. The van der Waals surface area contributed by atoms with E-state index in [0.29, 0.717) is 23.9 Å². The molecule has 1 aliphatic rings. The minimum atomic E-state index is -0.582. The Balaban J connectivity index is 1.95. The van der Waals surface area contributed by atoms with Crippen LogP contribution in [0, 0.1) is 0 Å². The standard InChI is InChI=1S/C11H13ClN4O3/c1-19-11(18)16-4-7(5-16)15-10-8(12)2-6(3-14-10)9(13)17/h2-3,7H,4-5H2,1H3,(H2,13,17)(H,14,15). The number of ether oxygens (including phenoxy) is 1. The summed E-state index contributed by atoms with van der Waals surface area (Å²) in [7, 11) is 1.34. The van der Waals surface area contributed by atoms with Crippen LogP contribution in [-0.2, 0) is 4.74 Å². The van der Waals surface area contributed by atoms with Crippen molar-refractivity contribution < 1.29 is 14.3 Å². The van der Waals surface area contributed by atoms with Gasteiger partial charge in [-0.15, -0.1) is 0 Å². The fraction of sp³-hybridized carbons (Fsp3) is 0.364. The maximum Gasteiger partial charge on any atom is 0.409 e. The lowest BCUT2D eigenvalue weighted by Gasteiger charge is -2.38. The first kappa shape index (κ1) is 13.4. The van der Waals surface area contributed by atoms with Crippen LogP contribution in [0.1, 0.15) is 10.4 Å². The summed E-state index contributed by atoms with van der Waals surface area (Å²) in [4.78, 5) is 27.7. The monoisotopic (exact) mass is 284 g/mol. The lowest BCUT2D eigenvalue weighted by molar-refractivity contribution is 0.0928. The Morgan fingerprint density at radius 3 is 2.79 bits per heavy atom. The van der Waals surface area contributed by atoms with Crippen LogP contribution in [0.2, 0.25) is 5.02 Å². The van der Waals surface area contributed by atoms with E-state index in [0.717, 1.165) is 0 Å². The minimum Gasteiger partial charge on any atom is -0.453 e. The van der Waals surface area contributed by atoms with Crippen molar-refractivity contribution in [1.82, 2.24) is 9.88 Å². The molecule has 8 heteroatoms. The van der Waals surface area contributed by atoms with E-state index in [-0.39, 0.29) is 17.7 Å². The van der Waals surface area contributed by atoms with Gasteiger partial charge in [0.15, 0.2) is 0 Å². The minimum absolute atomic E-state index is 0.0588. The highest BCUT2D eigenvalue weighted by Crippen LogP contribution is 2.23. The molecular weight excluding hydrogens is 272 g/mol. The highest BCUT2D eigenvalue weighted by atomic mass is 35.5. The SMILES string of the molecule is COC(=O)N1CC(Nc2ncc(C(N)=O)cc2Cl)C1. The van der Waals surface area contributed by atoms with Gasteiger partial charge in [-0.05, 0) is 6.07 Å². The summed E-state index contributed by atoms with van der Waals surface area (Å²) < 4.78 is 4.58. The molecule has 0 aliphatic carbocycles. The number of rotatable bonds is 3. The maximum atomic E-state index is 11.2. The van der Waals surface area contributed by atoms with Crippen LogP contribution >= 0.6 is 11.6 Å². The smallest absolute Gasteiger partial charge is 0.409 e. The van der Waals surface area contributed by atoms with Gasteiger partial charge in [0.2, 0.25) is 5.91 Å². The molecule has 0 saturated carbocycles. The average Bonchev–Trinajstić information content (AvgIpc) is 2.33. The summed E-state index contributed by atoms with van der Waals surface area (Å²) in [6.45, 7) is 1.03. The van der Waals surface area contributed by atoms with E-state index in [1.165, 1.54) is 19.4 Å². The van der Waals surface area contributed by atoms with E-state index < -0.39 is 5.91 Å². The van der Waals surface area contributed by atoms with Crippen molar-refractivity contribution in [2.75, 3.05) is 25.5 Å². The lowest BCUT2D eigenvalue weighted by atomic mass is 10.1. The molecule has 1 aromatic heterocycles. The predicted octanol–water partition coefficient (Wildman–Crippen LogP) is 0.696. The Morgan fingerprint density at radius 2 is 2.26 bits per heavy atom. The van der Waals surface area contributed by atoms with E-state index >= 15 is 0 Å². The van der Waals surface area contributed by atoms with Crippen LogP contribution in [0.4, 0.5) is 10.6 Å². The quantitative estimate of drug-likeness (QED) is 0.851. The molecule has 0 aromatic carbocycles. The highest BCUT2D eigenvalue weighted by Gasteiger charge is 2.31. The zero-order valence-electron chi connectivity index (χ0n) is 10.2. The van der Waals surface area contributed by atoms with E-state index in [1.807, 2.05) is 0 Å². The largest absolute Gasteiger partial charge is 0.453 e. The van der Waals surface area contributed by atoms with Crippen molar-refractivity contribution in [2.45, 2.75) is 6.04 Å². The molecule has 1 saturated heterocycles. The van der Waals surface area contributed by atoms with Crippen molar-refractivity contribution in [3.63, 3.8) is 0 Å². The summed E-state index contributed by atoms with van der Waals surface area (Å²) in [5, 5.41) is 3.39. The van der Waals surface area contributed by atoms with Crippen LogP contribution in [0.3, 0.4) is 0 Å². The first-order chi connectivity index (χ1) is 9.01. The van der Waals surface area contributed by atoms with Gasteiger partial charge in [-0.2, -0.15) is 0 Å². The molecule has 7 nitrogen and oxygen atoms in total. The summed E-state index contributed by atoms with van der Waals surface area (Å²) in [5.41, 5.74) is 5.37. The summed E-state index contributed by atoms with van der Waals surface area (Å²) in [6.07, 6.45) is 0.994. The zero-order valence-corrected chi connectivity index (χ0v) is 11.0. The fourth-order valence-corrected chi connectivity index (χ4v) is 1.94. The van der Waals surface area contributed by atoms with Gasteiger partial charge < -0.3 is 20.7 Å². The van der Waals surface area contributed by atoms with Crippen molar-refractivity contribution in [3.8, 4) is 0 Å². The number of hydrogen-bond donors (Lipinski definition) is 2. The van der Waals surface area contributed by atoms with E-state index in [2.05, 4.69) is 15.0 Å². The van der Waals surface area contributed by atoms with E-state index in [9.17, 15) is 9.59 Å². The number of hydrogen-bond acceptors (Lipinski definition) is 5. The predicted molar refractivity (Wildman–Crippen MR) is 69.2 cm³/mol. The third kappa shape index (κ3) is 2.87. The van der Waals surface area contributed by atoms with Crippen molar-refractivity contribution >= 4 is 29.4 Å². The number of nitrogens with two attached hydrogens (primary N) is 1. The molecule has 1 fully saturated rings. The molecule has 2 amide bonds. The number of carbonyl (C=O) groups excluding carboxylic acids is 2. The van der Waals surface area contributed by atoms with Gasteiger partial charge in [0.05, 0.1) is 23.7 Å². The molecule has 0 atom stereocenters. The van der Waals surface area contributed by atoms with Gasteiger partial charge in [0, 0.05) is 19.3 Å². The molecule has 0 bridgehead atoms. The Morgan fingerprint density at radius 1 is 1.58 bits per heavy atom. The Hall–Kier alpha value is -2.02. The number of pyridine rings is 1. The molecule has 2 heterocycles. The van der Waals surface area contributed by atoms with Crippen LogP contribution in [0.5, 0.6) is 0 Å². The number of nitrogens with one attached hydrogen (secondary N) is 1. The second-order valence-electron chi connectivity index (χ2n) is 4.13. The fourth-order valence-electron chi connectivity index (χ4n) is 1.72. The Kier molecular flexibility index (Phi) is 3.75. The third-order valence-electron chi connectivity index (χ3n) is 2.78. The molecule has 0 spiro atoms. The Bertz CT molecular complexity index is 517. The van der Waals surface area contributed by atoms with Crippen LogP contribution in [0.25, 0.3) is 0 Å². The summed E-state index contributed by atoms with van der Waals surface area (Å²) in [5.74, 6) is -0.123. The van der Waals surface area contributed by atoms with Crippen molar-refractivity contribution in [2.24, 2.45) is 5.73 Å². The molecule has 0 radical (unpaired) electrons. The number of amides is 2. The van der Waals surface area contributed by atoms with Gasteiger partial charge >= 0.3 is 6.09 Å². The number of carbonyl (C=O) groups is 2. The normalized spacial score (nSPS) is 14.7. The Labute approximate surface area is 114 Å². The molecular formula is C11H13ClN4O3. The summed E-state index contributed by atoms with van der Waals surface area (Å²) >= 11 is 5.99. The lowest BCUT2D eigenvalue weighted by Crippen LogP contribution is -2.57. The third-order valence-corrected chi connectivity index (χ3v) is 3.07. The zero-order chi connectivity index (χ0) is 14.0. The van der Waals surface area contributed by atoms with Crippen LogP contribution in [0.15, 0.2) is 12.3 Å². The summed E-state index contributed by atoms with van der Waals surface area (Å²) in [6, 6.07) is 1.51. The van der Waals surface area contributed by atoms with Gasteiger partial charge in [-0.1, -0.05) is 11.6 Å².